The van der Waals surface area contributed by atoms with E-state index in [0.717, 1.165) is 68.1 Å². The van der Waals surface area contributed by atoms with E-state index in [4.69, 9.17) is 49.5 Å². The maximum Gasteiger partial charge on any atom is 0.280 e. The summed E-state index contributed by atoms with van der Waals surface area (Å²) < 4.78 is 54.8. The van der Waals surface area contributed by atoms with E-state index in [1.807, 2.05) is 39.2 Å². The van der Waals surface area contributed by atoms with Crippen LogP contribution in [0.2, 0.25) is 0 Å². The normalized spacial score (nSPS) is 29.4. The first kappa shape index (κ1) is 107. The number of halogens is 1. The van der Waals surface area contributed by atoms with Gasteiger partial charge in [0, 0.05) is 40.5 Å². The molecular weight excluding hydrogens is 1840 g/mol. The summed E-state index contributed by atoms with van der Waals surface area (Å²) >= 11 is 6.52. The Labute approximate surface area is 782 Å². The molecule has 0 aromatic carbocycles. The lowest BCUT2D eigenvalue weighted by Gasteiger charge is -2.28. The Kier molecular flexibility index (Phi) is 36.5. The van der Waals surface area contributed by atoms with Crippen molar-refractivity contribution in [2.24, 2.45) is 15.0 Å². The van der Waals surface area contributed by atoms with Crippen LogP contribution in [-0.2, 0) is 37.9 Å². The second-order valence-electron chi connectivity index (χ2n) is 38.1. The summed E-state index contributed by atoms with van der Waals surface area (Å²) in [7, 11) is 3.17. The molecule has 0 amide bonds. The maximum absolute atomic E-state index is 12.2. The van der Waals surface area contributed by atoms with Gasteiger partial charge in [0.25, 0.3) is 11.1 Å². The number of hydrogen-bond donors (Lipinski definition) is 17. The monoisotopic (exact) mass is 1980 g/mol. The number of ether oxygens (including phenoxy) is 8. The second kappa shape index (κ2) is 45.5. The number of hydrogen-bond acceptors (Lipinski definition) is 33. The standard InChI is InChI=1S/C19H34N5O4P.C17H28ClN4O3P.C17H28N5O4P.C16H26N5O4P.C16H27N4O4P/c1-6-7-9-20-19-22-16-13(17(23-19)27-2)21-11-24(16)18-15(26)14(25)12(28-18)8-10-29(3,4)5;1-6-24-16-13-15(20-10(2)21-16)22(9-19-13)17-12(18)14(23)11(25-17)7-8-26(3,4)5;1-5-7-18-17-20-14-11(15(25)21-17)19-9-22(14)16-13(24)12(23)10(26-16)6-8-27(2,3)4;1-5-17-16-19-13-10(14(24)20-16)18-8-21(13)15-12(23)11(22)9(25-15)6-7-26(2,3)4;1-9-18-14-11(15(19-9)23-2)17-8-20(14)16-13(22)12(21)10(24-16)6-7-25(3,4)5/h11-12,14-15,17-18,25-26H,3,6-10H2,1-2,4-5H3,(H2,20,22,23);9,11-12,14,16-17,23H,3,6-8H2,1-2,4-5H3,(H,20,21);9-10,12-13,16,23-24H,2,5-8H2,1,3-4H3,(H2,18,20,21,25);8-9,11-12,15,22-23H,2,5-7H2,1,3-4H3,(H2,17,19,20,24);8,10,12-13,15-16,21-22H,3,6-7H2,1-2,4-5H3,(H,18,19)/t12-,14-,15-,17?,18-;11-,12-,14-,16?,17-;10-,12-,13-,16-;9-,11-,12-,15-;10-,12-,13-,15?,16-/m11111/s1. The highest BCUT2D eigenvalue weighted by molar-refractivity contribution is 7.73. The third-order valence-corrected chi connectivity index (χ3v) is 31.1. The Balaban J connectivity index is 0.000000160. The minimum absolute atomic E-state index is 0.158. The quantitative estimate of drug-likeness (QED) is 0.0127. The summed E-state index contributed by atoms with van der Waals surface area (Å²) in [5, 5.41) is 113. The molecule has 0 aliphatic carbocycles. The van der Waals surface area contributed by atoms with Crippen LogP contribution >= 0.6 is 46.0 Å². The number of alkyl halides is 1. The molecule has 15 heterocycles. The third-order valence-electron chi connectivity index (χ3n) is 23.3. The van der Waals surface area contributed by atoms with Gasteiger partial charge in [0.05, 0.1) is 62.2 Å². The minimum Gasteiger partial charge on any atom is -0.389 e. The van der Waals surface area contributed by atoms with Crippen molar-refractivity contribution in [3.63, 3.8) is 0 Å². The van der Waals surface area contributed by atoms with Crippen molar-refractivity contribution >= 4 is 147 Å². The Morgan fingerprint density at radius 2 is 0.812 bits per heavy atom. The molecule has 42 nitrogen and oxygen atoms in total. The molecule has 7 aromatic heterocycles. The van der Waals surface area contributed by atoms with Gasteiger partial charge in [0.1, 0.15) is 107 Å². The molecule has 0 bridgehead atoms. The molecular formula is C85H143ClN23O19P5. The predicted octanol–water partition coefficient (Wildman–Crippen LogP) is 6.17. The molecule has 0 spiro atoms. The number of nitrogens with zero attached hydrogens (tertiary/aromatic N) is 15. The van der Waals surface area contributed by atoms with Crippen molar-refractivity contribution in [1.29, 1.82) is 0 Å². The van der Waals surface area contributed by atoms with Gasteiger partial charge in [0.2, 0.25) is 11.9 Å². The van der Waals surface area contributed by atoms with Crippen LogP contribution in [0.4, 0.5) is 29.4 Å². The highest BCUT2D eigenvalue weighted by Crippen LogP contribution is 2.48. The lowest BCUT2D eigenvalue weighted by molar-refractivity contribution is -0.0364. The van der Waals surface area contributed by atoms with Crippen LogP contribution in [0, 0.1) is 0 Å². The summed E-state index contributed by atoms with van der Waals surface area (Å²) in [6.07, 6.45) is 23.1. The van der Waals surface area contributed by atoms with E-state index in [0.29, 0.717) is 116 Å². The van der Waals surface area contributed by atoms with Gasteiger partial charge in [-0.05, 0) is 170 Å². The minimum atomic E-state index is -1.27. The number of H-pyrrole nitrogens is 2. The van der Waals surface area contributed by atoms with Gasteiger partial charge in [-0.1, -0.05) is 20.3 Å². The lowest BCUT2D eigenvalue weighted by atomic mass is 10.1. The topological polar surface area (TPSA) is 546 Å². The number of amidine groups is 2. The molecule has 0 saturated carbocycles. The molecule has 7 aromatic rings. The molecule has 8 aliphatic rings. The van der Waals surface area contributed by atoms with Crippen LogP contribution in [0.15, 0.2) is 56.2 Å². The molecule has 48 heteroatoms. The van der Waals surface area contributed by atoms with Gasteiger partial charge in [-0.3, -0.25) is 47.4 Å². The van der Waals surface area contributed by atoms with E-state index in [1.165, 1.54) is 21.8 Å². The number of fused-ring (bicyclic) bond motifs is 5. The third kappa shape index (κ3) is 26.6. The van der Waals surface area contributed by atoms with Gasteiger partial charge in [-0.15, -0.1) is 77.5 Å². The van der Waals surface area contributed by atoms with E-state index in [2.05, 4.69) is 197 Å². The number of aliphatic hydroxyl groups is 9. The Morgan fingerprint density at radius 1 is 0.459 bits per heavy atom. The number of aliphatic imine (C=N–C) groups is 3. The summed E-state index contributed by atoms with van der Waals surface area (Å²) in [5.74, 6) is 4.74. The molecule has 15 rings (SSSR count). The molecule has 744 valence electrons. The first-order chi connectivity index (χ1) is 62.6. The van der Waals surface area contributed by atoms with Gasteiger partial charge < -0.3 is 116 Å². The average Bonchev–Trinajstić information content (AvgIpc) is 1.64. The maximum atomic E-state index is 12.2. The zero-order valence-electron chi connectivity index (χ0n) is 79.7. The van der Waals surface area contributed by atoms with E-state index < -0.39 is 169 Å². The number of nitrogens with one attached hydrogen (secondary N) is 8. The van der Waals surface area contributed by atoms with Crippen LogP contribution < -0.4 is 43.0 Å². The molecule has 17 N–H and O–H groups in total. The molecule has 5 saturated heterocycles. The van der Waals surface area contributed by atoms with Crippen molar-refractivity contribution in [2.45, 2.75) is 234 Å². The summed E-state index contributed by atoms with van der Waals surface area (Å²) in [4.78, 5) is 73.2. The Bertz CT molecular complexity index is 5560. The van der Waals surface area contributed by atoms with Crippen molar-refractivity contribution in [3.8, 4) is 0 Å². The summed E-state index contributed by atoms with van der Waals surface area (Å²) in [6.45, 7) is 29.4. The summed E-state index contributed by atoms with van der Waals surface area (Å²) in [6, 6.07) is 0. The fraction of sp³-hybridized carbons (Fsp3) is 0.682. The second-order valence-corrected chi connectivity index (χ2v) is 60.2. The van der Waals surface area contributed by atoms with Gasteiger partial charge in [-0.25, -0.2) is 34.9 Å². The van der Waals surface area contributed by atoms with Crippen molar-refractivity contribution < 1.29 is 83.9 Å². The summed E-state index contributed by atoms with van der Waals surface area (Å²) in [5.41, 5.74) is 2.16. The van der Waals surface area contributed by atoms with Gasteiger partial charge >= 0.3 is 0 Å². The average molecular weight is 1980 g/mol. The molecule has 3 unspecified atom stereocenters. The van der Waals surface area contributed by atoms with E-state index in [1.54, 1.807) is 42.3 Å². The Morgan fingerprint density at radius 3 is 1.19 bits per heavy atom. The SMILES string of the molecule is C=P(C)(C)CC[C@H]1O[C@@H](n2cnc3c(=O)[nH]c(NCC)nc32)[C@H](O)[C@@H]1O.C=P(C)(C)CC[C@H]1O[C@@H](n2cnc3c(=O)[nH]c(NCCC)nc32)[C@H](O)[C@@H]1O.C=P(C)(C)CC[C@H]1O[C@@H](n2cnc3c2NC(=NCCCC)NC3OC)[C@H](O)[C@@H]1O.C=P(C)(C)CC[C@H]1O[C@@H](n2cnc3c2NC(C)=NC3OC)[C@H](O)[C@@H]1O.C=P(C)(C)CC[C@H]1O[C@@H](n2cnc3c2NC(C)=NC3OCC)[C@H](Cl)[C@@H]1O. The molecule has 8 aliphatic heterocycles. The fourth-order valence-electron chi connectivity index (χ4n) is 16.1. The number of aromatic amines is 2. The first-order valence-electron chi connectivity index (χ1n) is 45.0. The van der Waals surface area contributed by atoms with E-state index in [-0.39, 0.29) is 28.3 Å². The van der Waals surface area contributed by atoms with Crippen LogP contribution in [-0.4, -0.2) is 392 Å². The smallest absolute Gasteiger partial charge is 0.280 e. The lowest BCUT2D eigenvalue weighted by Crippen LogP contribution is -2.41. The largest absolute Gasteiger partial charge is 0.389 e. The predicted molar refractivity (Wildman–Crippen MR) is 537 cm³/mol. The first-order valence-corrected chi connectivity index (χ1v) is 60.7. The van der Waals surface area contributed by atoms with Crippen LogP contribution in [0.3, 0.4) is 0 Å². The zero-order chi connectivity index (χ0) is 97.4. The molecule has 5 fully saturated rings. The number of methoxy groups -OCH3 is 2. The van der Waals surface area contributed by atoms with E-state index in [9.17, 15) is 55.5 Å². The van der Waals surface area contributed by atoms with Crippen molar-refractivity contribution in [1.82, 2.24) is 73.0 Å². The number of guanidine groups is 1. The Hall–Kier alpha value is -6.75. The molecule has 23 atom stereocenters. The number of anilines is 5. The number of imidazole rings is 5. The number of rotatable bonds is 32. The molecule has 0 radical (unpaired) electrons. The van der Waals surface area contributed by atoms with Crippen LogP contribution in [0.5, 0.6) is 0 Å². The highest BCUT2D eigenvalue weighted by atomic mass is 35.5. The van der Waals surface area contributed by atoms with Gasteiger partial charge in [-0.2, -0.15) is 9.97 Å². The fourth-order valence-corrected chi connectivity index (χ4v) is 21.2. The number of aliphatic hydroxyl groups excluding tert-OH is 9. The van der Waals surface area contributed by atoms with Crippen molar-refractivity contribution in [3.05, 3.63) is 69.4 Å². The number of aromatic nitrogens is 14. The number of unbranched alkanes of at least 4 members (excludes halogenated alkanes) is 1. The van der Waals surface area contributed by atoms with Gasteiger partial charge in [0.15, 0.2) is 78.1 Å². The highest BCUT2D eigenvalue weighted by Gasteiger charge is 2.51. The zero-order valence-corrected chi connectivity index (χ0v) is 84.9. The molecule has 133 heavy (non-hydrogen) atoms. The van der Waals surface area contributed by atoms with Crippen LogP contribution in [0.1, 0.15) is 160 Å². The van der Waals surface area contributed by atoms with Crippen molar-refractivity contribution in [2.75, 3.05) is 165 Å². The van der Waals surface area contributed by atoms with E-state index >= 15 is 0 Å². The van der Waals surface area contributed by atoms with Crippen LogP contribution in [0.25, 0.3) is 22.3 Å².